The van der Waals surface area contributed by atoms with Crippen LogP contribution in [0, 0.1) is 0 Å². The minimum absolute atomic E-state index is 0.0862. The normalized spacial score (nSPS) is 10.9. The number of aromatic nitrogens is 3. The van der Waals surface area contributed by atoms with Crippen LogP contribution in [0.15, 0.2) is 59.4 Å². The summed E-state index contributed by atoms with van der Waals surface area (Å²) in [6, 6.07) is 16.7. The van der Waals surface area contributed by atoms with Gasteiger partial charge in [-0.1, -0.05) is 53.8 Å². The van der Waals surface area contributed by atoms with E-state index >= 15 is 0 Å². The zero-order valence-electron chi connectivity index (χ0n) is 17.7. The first-order valence-corrected chi connectivity index (χ1v) is 11.0. The molecule has 2 aromatic heterocycles. The van der Waals surface area contributed by atoms with Crippen LogP contribution in [0.1, 0.15) is 23.0 Å². The van der Waals surface area contributed by atoms with Crippen molar-refractivity contribution in [1.82, 2.24) is 14.1 Å². The number of hydrogen-bond acceptors (Lipinski definition) is 6. The highest BCUT2D eigenvalue weighted by Crippen LogP contribution is 2.32. The molecule has 0 fully saturated rings. The summed E-state index contributed by atoms with van der Waals surface area (Å²) >= 11 is 1.07. The molecule has 4 rings (SSSR count). The number of rotatable bonds is 7. The molecule has 2 heterocycles. The van der Waals surface area contributed by atoms with Crippen LogP contribution in [0.25, 0.3) is 22.3 Å². The number of anilines is 1. The molecule has 0 radical (unpaired) electrons. The number of carbonyl (C=O) groups is 2. The lowest BCUT2D eigenvalue weighted by Gasteiger charge is -2.04. The number of ether oxygens (including phenoxy) is 1. The van der Waals surface area contributed by atoms with Crippen LogP contribution in [-0.2, 0) is 23.1 Å². The maximum absolute atomic E-state index is 12.6. The van der Waals surface area contributed by atoms with Crippen LogP contribution < -0.4 is 11.0 Å². The first-order valence-electron chi connectivity index (χ1n) is 10.2. The van der Waals surface area contributed by atoms with Gasteiger partial charge in [0.25, 0.3) is 0 Å². The van der Waals surface area contributed by atoms with Gasteiger partial charge in [-0.2, -0.15) is 0 Å². The van der Waals surface area contributed by atoms with Crippen LogP contribution in [0.5, 0.6) is 0 Å². The fourth-order valence-electron chi connectivity index (χ4n) is 3.47. The van der Waals surface area contributed by atoms with Crippen molar-refractivity contribution in [2.75, 3.05) is 11.9 Å². The van der Waals surface area contributed by atoms with E-state index in [0.29, 0.717) is 15.7 Å². The number of carbonyl (C=O) groups excluding carboxylic acids is 2. The SMILES string of the molecule is CCOC(=O)c1sc(NC(=O)CCn2c(=O)n(C)c3ccccc32)nc1-c1ccccc1. The number of fused-ring (bicyclic) bond motifs is 1. The number of nitrogens with one attached hydrogen (secondary N) is 1. The molecule has 0 aliphatic carbocycles. The molecule has 0 saturated heterocycles. The number of hydrogen-bond donors (Lipinski definition) is 1. The molecule has 32 heavy (non-hydrogen) atoms. The maximum Gasteiger partial charge on any atom is 0.350 e. The Morgan fingerprint density at radius 3 is 2.47 bits per heavy atom. The van der Waals surface area contributed by atoms with Crippen molar-refractivity contribution >= 4 is 39.4 Å². The molecule has 0 aliphatic rings. The monoisotopic (exact) mass is 450 g/mol. The van der Waals surface area contributed by atoms with Gasteiger partial charge in [0.15, 0.2) is 5.13 Å². The average molecular weight is 451 g/mol. The van der Waals surface area contributed by atoms with Crippen molar-refractivity contribution in [3.05, 3.63) is 70.0 Å². The lowest BCUT2D eigenvalue weighted by molar-refractivity contribution is -0.116. The van der Waals surface area contributed by atoms with E-state index in [-0.39, 0.29) is 31.2 Å². The van der Waals surface area contributed by atoms with Gasteiger partial charge >= 0.3 is 11.7 Å². The summed E-state index contributed by atoms with van der Waals surface area (Å²) in [6.45, 7) is 2.21. The summed E-state index contributed by atoms with van der Waals surface area (Å²) in [5, 5.41) is 3.06. The van der Waals surface area contributed by atoms with Crippen molar-refractivity contribution in [2.24, 2.45) is 7.05 Å². The van der Waals surface area contributed by atoms with Gasteiger partial charge in [-0.05, 0) is 19.1 Å². The number of amides is 1. The number of esters is 1. The molecule has 0 atom stereocenters. The Kier molecular flexibility index (Phi) is 6.18. The largest absolute Gasteiger partial charge is 0.462 e. The summed E-state index contributed by atoms with van der Waals surface area (Å²) < 4.78 is 8.29. The molecule has 0 aliphatic heterocycles. The van der Waals surface area contributed by atoms with Gasteiger partial charge in [0.05, 0.1) is 23.3 Å². The third kappa shape index (κ3) is 4.19. The second-order valence-corrected chi connectivity index (χ2v) is 8.06. The summed E-state index contributed by atoms with van der Waals surface area (Å²) in [6.07, 6.45) is 0.0862. The minimum atomic E-state index is -0.480. The fourth-order valence-corrected chi connectivity index (χ4v) is 4.37. The third-order valence-electron chi connectivity index (χ3n) is 5.00. The number of benzene rings is 2. The van der Waals surface area contributed by atoms with Crippen molar-refractivity contribution < 1.29 is 14.3 Å². The Labute approximate surface area is 188 Å². The first-order chi connectivity index (χ1) is 15.5. The number of thiazole rings is 1. The Balaban J connectivity index is 1.53. The highest BCUT2D eigenvalue weighted by molar-refractivity contribution is 7.18. The van der Waals surface area contributed by atoms with Crippen molar-refractivity contribution in [3.8, 4) is 11.3 Å². The molecule has 0 spiro atoms. The Hall–Kier alpha value is -3.72. The number of nitrogens with zero attached hydrogens (tertiary/aromatic N) is 3. The van der Waals surface area contributed by atoms with Crippen molar-refractivity contribution in [2.45, 2.75) is 19.9 Å². The summed E-state index contributed by atoms with van der Waals surface area (Å²) in [4.78, 5) is 42.3. The van der Waals surface area contributed by atoms with Crippen LogP contribution in [0.4, 0.5) is 5.13 Å². The molecule has 164 valence electrons. The van der Waals surface area contributed by atoms with Gasteiger partial charge in [-0.25, -0.2) is 14.6 Å². The van der Waals surface area contributed by atoms with Crippen molar-refractivity contribution in [1.29, 1.82) is 0 Å². The third-order valence-corrected chi connectivity index (χ3v) is 5.95. The molecule has 8 nitrogen and oxygen atoms in total. The number of imidazole rings is 1. The summed E-state index contributed by atoms with van der Waals surface area (Å²) in [7, 11) is 1.71. The Morgan fingerprint density at radius 2 is 1.75 bits per heavy atom. The van der Waals surface area contributed by atoms with E-state index < -0.39 is 5.97 Å². The van der Waals surface area contributed by atoms with Gasteiger partial charge in [0.2, 0.25) is 5.91 Å². The second-order valence-electron chi connectivity index (χ2n) is 7.06. The lowest BCUT2D eigenvalue weighted by atomic mass is 10.1. The highest BCUT2D eigenvalue weighted by Gasteiger charge is 2.21. The first kappa shape index (κ1) is 21.5. The minimum Gasteiger partial charge on any atom is -0.462 e. The standard InChI is InChI=1S/C23H22N4O4S/c1-3-31-21(29)20-19(15-9-5-4-6-10-15)25-22(32-20)24-18(28)13-14-27-17-12-8-7-11-16(17)26(2)23(27)30/h4-12H,3,13-14H2,1-2H3,(H,24,25,28). The fraction of sp³-hybridized carbons (Fsp3) is 0.217. The molecule has 0 saturated carbocycles. The van der Waals surface area contributed by atoms with E-state index in [4.69, 9.17) is 4.74 Å². The van der Waals surface area contributed by atoms with E-state index in [1.807, 2.05) is 54.6 Å². The summed E-state index contributed by atoms with van der Waals surface area (Å²) in [5.41, 5.74) is 2.64. The Bertz CT molecular complexity index is 1340. The Morgan fingerprint density at radius 1 is 1.06 bits per heavy atom. The molecule has 1 N–H and O–H groups in total. The van der Waals surface area contributed by atoms with Crippen molar-refractivity contribution in [3.63, 3.8) is 0 Å². The van der Waals surface area contributed by atoms with E-state index in [0.717, 1.165) is 27.9 Å². The van der Waals surface area contributed by atoms with E-state index in [9.17, 15) is 14.4 Å². The zero-order chi connectivity index (χ0) is 22.7. The van der Waals surface area contributed by atoms with Crippen LogP contribution in [0.2, 0.25) is 0 Å². The average Bonchev–Trinajstić information content (AvgIpc) is 3.33. The molecule has 1 amide bonds. The molecule has 9 heteroatoms. The van der Waals surface area contributed by atoms with Gasteiger partial charge in [0, 0.05) is 25.6 Å². The van der Waals surface area contributed by atoms with Gasteiger partial charge < -0.3 is 10.1 Å². The molecular formula is C23H22N4O4S. The summed E-state index contributed by atoms with van der Waals surface area (Å²) in [5.74, 6) is -0.778. The van der Waals surface area contributed by atoms with Crippen LogP contribution >= 0.6 is 11.3 Å². The molecule has 0 unspecified atom stereocenters. The molecular weight excluding hydrogens is 428 g/mol. The van der Waals surface area contributed by atoms with E-state index in [1.165, 1.54) is 0 Å². The number of para-hydroxylation sites is 2. The van der Waals surface area contributed by atoms with E-state index in [2.05, 4.69) is 10.3 Å². The topological polar surface area (TPSA) is 95.2 Å². The molecule has 4 aromatic rings. The smallest absolute Gasteiger partial charge is 0.350 e. The van der Waals surface area contributed by atoms with Gasteiger partial charge in [-0.15, -0.1) is 0 Å². The predicted molar refractivity (Wildman–Crippen MR) is 124 cm³/mol. The van der Waals surface area contributed by atoms with Crippen LogP contribution in [-0.4, -0.2) is 32.6 Å². The van der Waals surface area contributed by atoms with Gasteiger partial charge in [-0.3, -0.25) is 13.9 Å². The van der Waals surface area contributed by atoms with Crippen LogP contribution in [0.3, 0.4) is 0 Å². The van der Waals surface area contributed by atoms with Gasteiger partial charge in [0.1, 0.15) is 4.88 Å². The quantitative estimate of drug-likeness (QED) is 0.434. The zero-order valence-corrected chi connectivity index (χ0v) is 18.5. The second kappa shape index (κ2) is 9.19. The van der Waals surface area contributed by atoms with E-state index in [1.54, 1.807) is 23.1 Å². The number of aryl methyl sites for hydroxylation is 2. The lowest BCUT2D eigenvalue weighted by Crippen LogP contribution is -2.24. The predicted octanol–water partition coefficient (Wildman–Crippen LogP) is 3.67. The molecule has 2 aromatic carbocycles. The maximum atomic E-state index is 12.6. The highest BCUT2D eigenvalue weighted by atomic mass is 32.1. The molecule has 0 bridgehead atoms.